The lowest BCUT2D eigenvalue weighted by Gasteiger charge is -2.06. The van der Waals surface area contributed by atoms with Gasteiger partial charge in [-0.25, -0.2) is 4.68 Å². The number of nitro groups is 1. The van der Waals surface area contributed by atoms with E-state index in [0.29, 0.717) is 22.4 Å². The highest BCUT2D eigenvalue weighted by Crippen LogP contribution is 2.31. The van der Waals surface area contributed by atoms with Gasteiger partial charge in [-0.3, -0.25) is 10.1 Å². The van der Waals surface area contributed by atoms with Gasteiger partial charge in [-0.05, 0) is 41.5 Å². The van der Waals surface area contributed by atoms with E-state index < -0.39 is 4.92 Å². The van der Waals surface area contributed by atoms with E-state index >= 15 is 0 Å². The molecule has 0 fully saturated rings. The van der Waals surface area contributed by atoms with Gasteiger partial charge in [-0.15, -0.1) is 5.10 Å². The highest BCUT2D eigenvalue weighted by Gasteiger charge is 2.20. The van der Waals surface area contributed by atoms with E-state index in [1.54, 1.807) is 20.2 Å². The van der Waals surface area contributed by atoms with Gasteiger partial charge in [0, 0.05) is 12.6 Å². The minimum Gasteiger partial charge on any atom is -0.314 e. The van der Waals surface area contributed by atoms with Crippen molar-refractivity contribution in [3.63, 3.8) is 0 Å². The Morgan fingerprint density at radius 1 is 1.53 bits per heavy atom. The Morgan fingerprint density at radius 3 is 2.89 bits per heavy atom. The maximum atomic E-state index is 11.1. The van der Waals surface area contributed by atoms with Crippen LogP contribution in [0.3, 0.4) is 0 Å². The van der Waals surface area contributed by atoms with Crippen molar-refractivity contribution < 1.29 is 4.92 Å². The minimum absolute atomic E-state index is 0.00668. The van der Waals surface area contributed by atoms with Crippen molar-refractivity contribution in [3.05, 3.63) is 44.2 Å². The number of halogens is 1. The molecule has 1 heterocycles. The summed E-state index contributed by atoms with van der Waals surface area (Å²) in [6.45, 7) is 2.35. The summed E-state index contributed by atoms with van der Waals surface area (Å²) < 4.78 is 2.02. The summed E-state index contributed by atoms with van der Waals surface area (Å²) in [6.07, 6.45) is 1.67. The molecule has 7 nitrogen and oxygen atoms in total. The van der Waals surface area contributed by atoms with Crippen molar-refractivity contribution in [2.75, 3.05) is 7.05 Å². The third kappa shape index (κ3) is 2.79. The third-order valence-electron chi connectivity index (χ3n) is 2.51. The largest absolute Gasteiger partial charge is 0.314 e. The number of rotatable bonds is 4. The molecule has 0 aliphatic rings. The minimum atomic E-state index is -0.424. The molecule has 0 unspecified atom stereocenters. The SMILES string of the molecule is CNCc1cn(-c2c(Br)cc(C)cc2[N+](=O)[O-])nn1. The van der Waals surface area contributed by atoms with Crippen LogP contribution < -0.4 is 5.32 Å². The maximum Gasteiger partial charge on any atom is 0.296 e. The lowest BCUT2D eigenvalue weighted by Crippen LogP contribution is -2.05. The van der Waals surface area contributed by atoms with E-state index in [-0.39, 0.29) is 5.69 Å². The van der Waals surface area contributed by atoms with Gasteiger partial charge in [-0.1, -0.05) is 5.21 Å². The summed E-state index contributed by atoms with van der Waals surface area (Å²) in [5.74, 6) is 0. The Kier molecular flexibility index (Phi) is 3.91. The van der Waals surface area contributed by atoms with E-state index in [9.17, 15) is 10.1 Å². The zero-order chi connectivity index (χ0) is 14.0. The molecular formula is C11H12BrN5O2. The Morgan fingerprint density at radius 2 is 2.26 bits per heavy atom. The summed E-state index contributed by atoms with van der Waals surface area (Å²) in [4.78, 5) is 10.7. The number of benzene rings is 1. The molecule has 19 heavy (non-hydrogen) atoms. The van der Waals surface area contributed by atoms with Crippen LogP contribution in [0.4, 0.5) is 5.69 Å². The van der Waals surface area contributed by atoms with Gasteiger partial charge in [0.1, 0.15) is 0 Å². The molecular weight excluding hydrogens is 314 g/mol. The van der Waals surface area contributed by atoms with Crippen LogP contribution in [0.2, 0.25) is 0 Å². The monoisotopic (exact) mass is 325 g/mol. The van der Waals surface area contributed by atoms with Crippen molar-refractivity contribution in [1.29, 1.82) is 0 Å². The average Bonchev–Trinajstić information content (AvgIpc) is 2.76. The smallest absolute Gasteiger partial charge is 0.296 e. The van der Waals surface area contributed by atoms with E-state index in [4.69, 9.17) is 0 Å². The summed E-state index contributed by atoms with van der Waals surface area (Å²) in [5, 5.41) is 22.0. The lowest BCUT2D eigenvalue weighted by molar-refractivity contribution is -0.384. The summed E-state index contributed by atoms with van der Waals surface area (Å²) in [5.41, 5.74) is 1.89. The van der Waals surface area contributed by atoms with E-state index in [0.717, 1.165) is 5.56 Å². The molecule has 1 aromatic heterocycles. The molecule has 0 amide bonds. The molecule has 0 aliphatic carbocycles. The molecule has 0 saturated heterocycles. The first kappa shape index (κ1) is 13.6. The predicted octanol–water partition coefficient (Wildman–Crippen LogP) is 1.97. The summed E-state index contributed by atoms with van der Waals surface area (Å²) in [7, 11) is 1.79. The van der Waals surface area contributed by atoms with Gasteiger partial charge in [-0.2, -0.15) is 0 Å². The molecule has 2 aromatic rings. The van der Waals surface area contributed by atoms with E-state index in [1.165, 1.54) is 10.7 Å². The number of nitrogens with zero attached hydrogens (tertiary/aromatic N) is 4. The van der Waals surface area contributed by atoms with Gasteiger partial charge >= 0.3 is 0 Å². The van der Waals surface area contributed by atoms with Gasteiger partial charge in [0.15, 0.2) is 5.69 Å². The first-order valence-corrected chi connectivity index (χ1v) is 6.33. The Bertz CT molecular complexity index is 626. The molecule has 100 valence electrons. The molecule has 2 rings (SSSR count). The summed E-state index contributed by atoms with van der Waals surface area (Å²) >= 11 is 3.34. The quantitative estimate of drug-likeness (QED) is 0.686. The first-order valence-electron chi connectivity index (χ1n) is 5.53. The van der Waals surface area contributed by atoms with Crippen LogP contribution in [-0.2, 0) is 6.54 Å². The second-order valence-corrected chi connectivity index (χ2v) is 4.91. The molecule has 0 radical (unpaired) electrons. The Labute approximate surface area is 117 Å². The highest BCUT2D eigenvalue weighted by atomic mass is 79.9. The van der Waals surface area contributed by atoms with Gasteiger partial charge in [0.05, 0.1) is 21.3 Å². The Hall–Kier alpha value is -1.80. The normalized spacial score (nSPS) is 10.7. The molecule has 0 bridgehead atoms. The van der Waals surface area contributed by atoms with Gasteiger partial charge < -0.3 is 5.32 Å². The van der Waals surface area contributed by atoms with Crippen LogP contribution in [0.5, 0.6) is 0 Å². The Balaban J connectivity index is 2.56. The zero-order valence-electron chi connectivity index (χ0n) is 10.4. The van der Waals surface area contributed by atoms with Crippen LogP contribution in [0.15, 0.2) is 22.8 Å². The number of hydrogen-bond acceptors (Lipinski definition) is 5. The zero-order valence-corrected chi connectivity index (χ0v) is 12.0. The molecule has 0 saturated carbocycles. The highest BCUT2D eigenvalue weighted by molar-refractivity contribution is 9.10. The molecule has 8 heteroatoms. The van der Waals surface area contributed by atoms with Crippen LogP contribution in [0.25, 0.3) is 5.69 Å². The number of hydrogen-bond donors (Lipinski definition) is 1. The number of aryl methyl sites for hydroxylation is 1. The van der Waals surface area contributed by atoms with Gasteiger partial charge in [0.2, 0.25) is 0 Å². The predicted molar refractivity (Wildman–Crippen MR) is 73.2 cm³/mol. The van der Waals surface area contributed by atoms with Crippen molar-refractivity contribution in [2.45, 2.75) is 13.5 Å². The fraction of sp³-hybridized carbons (Fsp3) is 0.273. The molecule has 1 N–H and O–H groups in total. The fourth-order valence-corrected chi connectivity index (χ4v) is 2.50. The number of nitro benzene ring substituents is 1. The molecule has 0 spiro atoms. The number of nitrogens with one attached hydrogen (secondary N) is 1. The van der Waals surface area contributed by atoms with E-state index in [1.807, 2.05) is 6.07 Å². The van der Waals surface area contributed by atoms with Crippen molar-refractivity contribution in [3.8, 4) is 5.69 Å². The molecule has 0 atom stereocenters. The second kappa shape index (κ2) is 5.45. The maximum absolute atomic E-state index is 11.1. The topological polar surface area (TPSA) is 85.9 Å². The van der Waals surface area contributed by atoms with Crippen LogP contribution in [0.1, 0.15) is 11.3 Å². The first-order chi connectivity index (χ1) is 9.02. The standard InChI is InChI=1S/C11H12BrN5O2/c1-7-3-9(12)11(10(4-7)17(18)19)16-6-8(5-13-2)14-15-16/h3-4,6,13H,5H2,1-2H3. The van der Waals surface area contributed by atoms with E-state index in [2.05, 4.69) is 31.6 Å². The van der Waals surface area contributed by atoms with Crippen molar-refractivity contribution in [2.24, 2.45) is 0 Å². The molecule has 0 aliphatic heterocycles. The second-order valence-electron chi connectivity index (χ2n) is 4.06. The van der Waals surface area contributed by atoms with Crippen LogP contribution >= 0.6 is 15.9 Å². The van der Waals surface area contributed by atoms with Crippen molar-refractivity contribution in [1.82, 2.24) is 20.3 Å². The van der Waals surface area contributed by atoms with Crippen LogP contribution in [-0.4, -0.2) is 27.0 Å². The number of aromatic nitrogens is 3. The van der Waals surface area contributed by atoms with Gasteiger partial charge in [0.25, 0.3) is 5.69 Å². The fourth-order valence-electron chi connectivity index (χ4n) is 1.75. The summed E-state index contributed by atoms with van der Waals surface area (Å²) in [6, 6.07) is 3.32. The average molecular weight is 326 g/mol. The molecule has 1 aromatic carbocycles. The van der Waals surface area contributed by atoms with Crippen LogP contribution in [0, 0.1) is 17.0 Å². The lowest BCUT2D eigenvalue weighted by atomic mass is 10.2. The third-order valence-corrected chi connectivity index (χ3v) is 3.12. The van der Waals surface area contributed by atoms with Crippen molar-refractivity contribution >= 4 is 21.6 Å².